The Morgan fingerprint density at radius 2 is 1.82 bits per heavy atom. The molecule has 0 bridgehead atoms. The number of hydrogen-bond donors (Lipinski definition) is 1. The first kappa shape index (κ1) is 28.7. The van der Waals surface area contributed by atoms with Crippen LogP contribution in [0.4, 0.5) is 0 Å². The second-order valence-corrected chi connectivity index (χ2v) is 10.3. The summed E-state index contributed by atoms with van der Waals surface area (Å²) in [5.74, 6) is 0.225. The largest absolute Gasteiger partial charge is 0.463 e. The minimum Gasteiger partial charge on any atom is -0.463 e. The number of nitrogens with one attached hydrogen (secondary N) is 1. The number of unbranched alkanes of at least 4 members (excludes halogenated alkanes) is 1. The molecule has 2 heterocycles. The molecular weight excluding hydrogens is 537 g/mol. The molecule has 4 rings (SSSR count). The van der Waals surface area contributed by atoms with Crippen molar-refractivity contribution in [2.75, 3.05) is 26.7 Å². The van der Waals surface area contributed by atoms with Gasteiger partial charge < -0.3 is 19.0 Å². The van der Waals surface area contributed by atoms with Crippen molar-refractivity contribution in [3.8, 4) is 0 Å². The summed E-state index contributed by atoms with van der Waals surface area (Å²) in [5, 5.41) is 2.10. The maximum absolute atomic E-state index is 13.8. The molecule has 0 aliphatic heterocycles. The molecule has 4 aromatic rings. The van der Waals surface area contributed by atoms with Gasteiger partial charge in [0.05, 0.1) is 30.2 Å². The molecule has 0 radical (unpaired) electrons. The Kier molecular flexibility index (Phi) is 10.1. The fraction of sp³-hybridized carbons (Fsp3) is 0.333. The van der Waals surface area contributed by atoms with E-state index < -0.39 is 5.97 Å². The summed E-state index contributed by atoms with van der Waals surface area (Å²) >= 11 is 12.4. The SMILES string of the molecule is CCCCN(CC(=O)N(CCc1c[nH]c2ccccc12)Cc1ccc(Cl)c(Cl)c1)Cc1ccc(C(=O)OC)o1. The number of aromatic nitrogens is 1. The molecule has 0 aliphatic rings. The van der Waals surface area contributed by atoms with Crippen molar-refractivity contribution in [1.29, 1.82) is 0 Å². The van der Waals surface area contributed by atoms with Crippen molar-refractivity contribution in [1.82, 2.24) is 14.8 Å². The second kappa shape index (κ2) is 13.7. The predicted molar refractivity (Wildman–Crippen MR) is 154 cm³/mol. The number of amides is 1. The number of halogens is 2. The van der Waals surface area contributed by atoms with Gasteiger partial charge in [0.2, 0.25) is 11.7 Å². The van der Waals surface area contributed by atoms with E-state index in [9.17, 15) is 9.59 Å². The molecule has 1 N–H and O–H groups in total. The first-order chi connectivity index (χ1) is 18.9. The summed E-state index contributed by atoms with van der Waals surface area (Å²) in [6.07, 6.45) is 4.63. The van der Waals surface area contributed by atoms with Gasteiger partial charge in [-0.2, -0.15) is 0 Å². The lowest BCUT2D eigenvalue weighted by Crippen LogP contribution is -2.41. The third-order valence-electron chi connectivity index (χ3n) is 6.65. The Balaban J connectivity index is 1.51. The van der Waals surface area contributed by atoms with Gasteiger partial charge in [0.25, 0.3) is 0 Å². The number of carbonyl (C=O) groups excluding carboxylic acids is 2. The van der Waals surface area contributed by atoms with Crippen LogP contribution in [0.5, 0.6) is 0 Å². The number of hydrogen-bond acceptors (Lipinski definition) is 5. The molecule has 0 unspecified atom stereocenters. The molecule has 39 heavy (non-hydrogen) atoms. The number of benzene rings is 2. The van der Waals surface area contributed by atoms with Gasteiger partial charge in [-0.25, -0.2) is 4.79 Å². The number of rotatable bonds is 13. The molecule has 0 fully saturated rings. The third kappa shape index (κ3) is 7.66. The predicted octanol–water partition coefficient (Wildman–Crippen LogP) is 6.73. The first-order valence-corrected chi connectivity index (χ1v) is 13.8. The highest BCUT2D eigenvalue weighted by molar-refractivity contribution is 6.42. The summed E-state index contributed by atoms with van der Waals surface area (Å²) in [5.41, 5.74) is 3.14. The minimum absolute atomic E-state index is 0.00300. The number of fused-ring (bicyclic) bond motifs is 1. The number of esters is 1. The molecule has 7 nitrogen and oxygen atoms in total. The van der Waals surface area contributed by atoms with Crippen LogP contribution in [0.15, 0.2) is 65.2 Å². The normalized spacial score (nSPS) is 11.3. The van der Waals surface area contributed by atoms with Gasteiger partial charge in [0.15, 0.2) is 0 Å². The third-order valence-corrected chi connectivity index (χ3v) is 7.39. The lowest BCUT2D eigenvalue weighted by atomic mass is 10.1. The van der Waals surface area contributed by atoms with Crippen LogP contribution in [-0.4, -0.2) is 53.4 Å². The van der Waals surface area contributed by atoms with E-state index in [1.165, 1.54) is 7.11 Å². The van der Waals surface area contributed by atoms with Crippen molar-refractivity contribution in [2.45, 2.75) is 39.3 Å². The Bertz CT molecular complexity index is 1410. The number of ether oxygens (including phenoxy) is 1. The maximum atomic E-state index is 13.8. The van der Waals surface area contributed by atoms with Crippen LogP contribution in [0, 0.1) is 0 Å². The van der Waals surface area contributed by atoms with Gasteiger partial charge in [0, 0.05) is 30.2 Å². The molecule has 2 aromatic heterocycles. The monoisotopic (exact) mass is 569 g/mol. The molecular formula is C30H33Cl2N3O4. The zero-order chi connectivity index (χ0) is 27.8. The van der Waals surface area contributed by atoms with E-state index in [0.29, 0.717) is 41.9 Å². The van der Waals surface area contributed by atoms with E-state index in [-0.39, 0.29) is 18.2 Å². The van der Waals surface area contributed by atoms with Gasteiger partial charge in [0.1, 0.15) is 5.76 Å². The van der Waals surface area contributed by atoms with Crippen molar-refractivity contribution in [3.63, 3.8) is 0 Å². The molecule has 0 aliphatic carbocycles. The van der Waals surface area contributed by atoms with E-state index in [4.69, 9.17) is 32.4 Å². The van der Waals surface area contributed by atoms with Crippen LogP contribution in [-0.2, 0) is 29.0 Å². The average molecular weight is 571 g/mol. The molecule has 206 valence electrons. The Labute approximate surface area is 238 Å². The quantitative estimate of drug-likeness (QED) is 0.181. The van der Waals surface area contributed by atoms with Crippen LogP contribution < -0.4 is 0 Å². The van der Waals surface area contributed by atoms with Crippen molar-refractivity contribution < 1.29 is 18.7 Å². The lowest BCUT2D eigenvalue weighted by Gasteiger charge is -2.27. The fourth-order valence-corrected chi connectivity index (χ4v) is 4.85. The first-order valence-electron chi connectivity index (χ1n) is 13.0. The molecule has 9 heteroatoms. The smallest absolute Gasteiger partial charge is 0.373 e. The van der Waals surface area contributed by atoms with Crippen molar-refractivity contribution >= 4 is 46.0 Å². The number of methoxy groups -OCH3 is 1. The Morgan fingerprint density at radius 3 is 2.59 bits per heavy atom. The Hall–Kier alpha value is -3.26. The zero-order valence-corrected chi connectivity index (χ0v) is 23.7. The molecule has 0 spiro atoms. The van der Waals surface area contributed by atoms with E-state index >= 15 is 0 Å². The van der Waals surface area contributed by atoms with E-state index in [1.54, 1.807) is 18.2 Å². The highest BCUT2D eigenvalue weighted by Gasteiger charge is 2.21. The number of aromatic amines is 1. The number of H-pyrrole nitrogens is 1. The highest BCUT2D eigenvalue weighted by atomic mass is 35.5. The summed E-state index contributed by atoms with van der Waals surface area (Å²) < 4.78 is 10.4. The van der Waals surface area contributed by atoms with Crippen LogP contribution in [0.3, 0.4) is 0 Å². The highest BCUT2D eigenvalue weighted by Crippen LogP contribution is 2.24. The van der Waals surface area contributed by atoms with Gasteiger partial charge in [-0.15, -0.1) is 0 Å². The van der Waals surface area contributed by atoms with Crippen molar-refractivity contribution in [2.24, 2.45) is 0 Å². The maximum Gasteiger partial charge on any atom is 0.373 e. The van der Waals surface area contributed by atoms with Crippen LogP contribution >= 0.6 is 23.2 Å². The number of carbonyl (C=O) groups is 2. The van der Waals surface area contributed by atoms with Crippen LogP contribution in [0.25, 0.3) is 10.9 Å². The van der Waals surface area contributed by atoms with Gasteiger partial charge >= 0.3 is 5.97 Å². The van der Waals surface area contributed by atoms with Crippen LogP contribution in [0.1, 0.15) is 47.2 Å². The summed E-state index contributed by atoms with van der Waals surface area (Å²) in [4.78, 5) is 32.8. The van der Waals surface area contributed by atoms with E-state index in [1.807, 2.05) is 41.4 Å². The summed E-state index contributed by atoms with van der Waals surface area (Å²) in [6.45, 7) is 4.40. The zero-order valence-electron chi connectivity index (χ0n) is 22.2. The van der Waals surface area contributed by atoms with Crippen molar-refractivity contribution in [3.05, 3.63) is 93.5 Å². The number of furan rings is 1. The lowest BCUT2D eigenvalue weighted by molar-refractivity contribution is -0.133. The van der Waals surface area contributed by atoms with Gasteiger partial charge in [-0.05, 0) is 60.8 Å². The molecule has 2 aromatic carbocycles. The minimum atomic E-state index is -0.525. The fourth-order valence-electron chi connectivity index (χ4n) is 4.52. The van der Waals surface area contributed by atoms with Crippen LogP contribution in [0.2, 0.25) is 10.0 Å². The second-order valence-electron chi connectivity index (χ2n) is 9.50. The van der Waals surface area contributed by atoms with Gasteiger partial charge in [-0.3, -0.25) is 9.69 Å². The van der Waals surface area contributed by atoms with E-state index in [0.717, 1.165) is 41.4 Å². The number of nitrogens with zero attached hydrogens (tertiary/aromatic N) is 2. The molecule has 0 atom stereocenters. The summed E-state index contributed by atoms with van der Waals surface area (Å²) in [7, 11) is 1.31. The topological polar surface area (TPSA) is 78.8 Å². The molecule has 0 saturated heterocycles. The Morgan fingerprint density at radius 1 is 1.00 bits per heavy atom. The standard InChI is InChI=1S/C30H33Cl2N3O4/c1-3-4-14-34(19-23-10-12-28(39-23)30(37)38-2)20-29(36)35(18-21-9-11-25(31)26(32)16-21)15-13-22-17-33-27-8-6-5-7-24(22)27/h5-12,16-17,33H,3-4,13-15,18-20H2,1-2H3. The number of para-hydroxylation sites is 1. The average Bonchev–Trinajstić information content (AvgIpc) is 3.58. The van der Waals surface area contributed by atoms with E-state index in [2.05, 4.69) is 22.9 Å². The molecule has 0 saturated carbocycles. The van der Waals surface area contributed by atoms with Gasteiger partial charge in [-0.1, -0.05) is 60.8 Å². The summed E-state index contributed by atoms with van der Waals surface area (Å²) in [6, 6.07) is 17.0. The molecule has 1 amide bonds.